The highest BCUT2D eigenvalue weighted by molar-refractivity contribution is 7.13. The molecule has 2 atom stereocenters. The number of amides is 1. The van der Waals surface area contributed by atoms with Gasteiger partial charge in [0, 0.05) is 30.2 Å². The van der Waals surface area contributed by atoms with Crippen LogP contribution >= 0.6 is 11.3 Å². The number of hydrogen-bond donors (Lipinski definition) is 0. The summed E-state index contributed by atoms with van der Waals surface area (Å²) in [5, 5.41) is 2.69. The zero-order chi connectivity index (χ0) is 16.5. The summed E-state index contributed by atoms with van der Waals surface area (Å²) in [5.41, 5.74) is 1.39. The van der Waals surface area contributed by atoms with E-state index in [0.29, 0.717) is 17.8 Å². The van der Waals surface area contributed by atoms with Crippen molar-refractivity contribution in [3.8, 4) is 10.7 Å². The number of rotatable bonds is 3. The largest absolute Gasteiger partial charge is 0.333 e. The first kappa shape index (κ1) is 15.7. The van der Waals surface area contributed by atoms with Gasteiger partial charge in [0.25, 0.3) is 5.91 Å². The Morgan fingerprint density at radius 2 is 2.04 bits per heavy atom. The summed E-state index contributed by atoms with van der Waals surface area (Å²) in [7, 11) is 2.18. The van der Waals surface area contributed by atoms with Crippen molar-refractivity contribution in [1.82, 2.24) is 19.8 Å². The van der Waals surface area contributed by atoms with Crippen molar-refractivity contribution in [2.45, 2.75) is 37.8 Å². The number of carbonyl (C=O) groups excluding carboxylic acids is 1. The Hall–Kier alpha value is -1.79. The molecule has 0 N–H and O–H groups in total. The van der Waals surface area contributed by atoms with E-state index in [1.54, 1.807) is 6.20 Å². The molecule has 4 rings (SSSR count). The molecule has 2 aromatic heterocycles. The molecular weight excluding hydrogens is 320 g/mol. The van der Waals surface area contributed by atoms with Crippen LogP contribution in [-0.4, -0.2) is 57.9 Å². The predicted octanol–water partition coefficient (Wildman–Crippen LogP) is 2.90. The Morgan fingerprint density at radius 1 is 1.21 bits per heavy atom. The summed E-state index contributed by atoms with van der Waals surface area (Å²) < 4.78 is 0. The highest BCUT2D eigenvalue weighted by Crippen LogP contribution is 2.31. The van der Waals surface area contributed by atoms with Crippen LogP contribution in [-0.2, 0) is 0 Å². The van der Waals surface area contributed by atoms with Crippen molar-refractivity contribution in [3.63, 3.8) is 0 Å². The highest BCUT2D eigenvalue weighted by atomic mass is 32.1. The quantitative estimate of drug-likeness (QED) is 0.860. The van der Waals surface area contributed by atoms with E-state index in [1.807, 2.05) is 23.6 Å². The van der Waals surface area contributed by atoms with E-state index >= 15 is 0 Å². The summed E-state index contributed by atoms with van der Waals surface area (Å²) in [6.45, 7) is 1.99. The Bertz CT molecular complexity index is 717. The first-order valence-electron chi connectivity index (χ1n) is 8.62. The number of pyridine rings is 1. The van der Waals surface area contributed by atoms with E-state index in [4.69, 9.17) is 0 Å². The molecule has 1 amide bonds. The average molecular weight is 342 g/mol. The van der Waals surface area contributed by atoms with Gasteiger partial charge in [-0.15, -0.1) is 11.3 Å². The van der Waals surface area contributed by atoms with Gasteiger partial charge in [-0.3, -0.25) is 9.78 Å². The topological polar surface area (TPSA) is 49.3 Å². The lowest BCUT2D eigenvalue weighted by molar-refractivity contribution is 0.0659. The van der Waals surface area contributed by atoms with Crippen molar-refractivity contribution < 1.29 is 4.79 Å². The van der Waals surface area contributed by atoms with Gasteiger partial charge in [-0.2, -0.15) is 0 Å². The average Bonchev–Trinajstić information content (AvgIpc) is 3.35. The van der Waals surface area contributed by atoms with E-state index in [1.165, 1.54) is 24.2 Å². The SMILES string of the molecule is CN1CCC[C@@H]1[C@H]1CCCN1C(=O)c1csc(-c2ccccn2)n1. The molecule has 0 saturated carbocycles. The van der Waals surface area contributed by atoms with Crippen LogP contribution in [0.2, 0.25) is 0 Å². The van der Waals surface area contributed by atoms with Crippen molar-refractivity contribution in [1.29, 1.82) is 0 Å². The molecule has 2 saturated heterocycles. The molecule has 0 bridgehead atoms. The Labute approximate surface area is 146 Å². The van der Waals surface area contributed by atoms with Crippen LogP contribution in [0, 0.1) is 0 Å². The van der Waals surface area contributed by atoms with E-state index in [0.717, 1.165) is 36.6 Å². The Morgan fingerprint density at radius 3 is 2.79 bits per heavy atom. The van der Waals surface area contributed by atoms with Crippen LogP contribution in [0.15, 0.2) is 29.8 Å². The summed E-state index contributed by atoms with van der Waals surface area (Å²) in [6.07, 6.45) is 6.39. The summed E-state index contributed by atoms with van der Waals surface area (Å²) in [4.78, 5) is 26.3. The van der Waals surface area contributed by atoms with Gasteiger partial charge < -0.3 is 9.80 Å². The number of aromatic nitrogens is 2. The zero-order valence-corrected chi connectivity index (χ0v) is 14.7. The van der Waals surface area contributed by atoms with Crippen LogP contribution in [0.4, 0.5) is 0 Å². The van der Waals surface area contributed by atoms with Crippen molar-refractivity contribution >= 4 is 17.2 Å². The minimum absolute atomic E-state index is 0.0798. The third kappa shape index (κ3) is 2.84. The number of thiazole rings is 1. The monoisotopic (exact) mass is 342 g/mol. The number of nitrogens with zero attached hydrogens (tertiary/aromatic N) is 4. The second kappa shape index (κ2) is 6.61. The maximum Gasteiger partial charge on any atom is 0.273 e. The number of carbonyl (C=O) groups is 1. The van der Waals surface area contributed by atoms with Gasteiger partial charge in [0.15, 0.2) is 0 Å². The van der Waals surface area contributed by atoms with Gasteiger partial charge >= 0.3 is 0 Å². The van der Waals surface area contributed by atoms with Crippen LogP contribution in [0.25, 0.3) is 10.7 Å². The highest BCUT2D eigenvalue weighted by Gasteiger charge is 2.39. The second-order valence-corrected chi connectivity index (χ2v) is 7.51. The lowest BCUT2D eigenvalue weighted by atomic mass is 10.0. The van der Waals surface area contributed by atoms with Gasteiger partial charge in [-0.25, -0.2) is 4.98 Å². The standard InChI is InChI=1S/C18H22N4OS/c1-21-10-4-7-15(21)16-8-5-11-22(16)18(23)14-12-24-17(20-14)13-6-2-3-9-19-13/h2-3,6,9,12,15-16H,4-5,7-8,10-11H2,1H3/t15-,16-/m1/s1. The van der Waals surface area contributed by atoms with E-state index < -0.39 is 0 Å². The number of likely N-dealkylation sites (tertiary alicyclic amines) is 2. The third-order valence-electron chi connectivity index (χ3n) is 5.19. The fraction of sp³-hybridized carbons (Fsp3) is 0.500. The molecule has 2 fully saturated rings. The van der Waals surface area contributed by atoms with Crippen LogP contribution in [0.3, 0.4) is 0 Å². The first-order chi connectivity index (χ1) is 11.7. The van der Waals surface area contributed by atoms with Gasteiger partial charge in [0.2, 0.25) is 0 Å². The summed E-state index contributed by atoms with van der Waals surface area (Å²) >= 11 is 1.49. The van der Waals surface area contributed by atoms with E-state index in [-0.39, 0.29) is 5.91 Å². The molecule has 5 nitrogen and oxygen atoms in total. The van der Waals surface area contributed by atoms with E-state index in [9.17, 15) is 4.79 Å². The molecule has 126 valence electrons. The second-order valence-electron chi connectivity index (χ2n) is 6.65. The van der Waals surface area contributed by atoms with Gasteiger partial charge in [0.1, 0.15) is 10.7 Å². The Balaban J connectivity index is 1.54. The van der Waals surface area contributed by atoms with Crippen molar-refractivity contribution in [2.75, 3.05) is 20.1 Å². The first-order valence-corrected chi connectivity index (χ1v) is 9.50. The number of likely N-dealkylation sites (N-methyl/N-ethyl adjacent to an activating group) is 1. The van der Waals surface area contributed by atoms with Crippen LogP contribution < -0.4 is 0 Å². The normalized spacial score (nSPS) is 24.6. The molecule has 0 radical (unpaired) electrons. The maximum absolute atomic E-state index is 13.0. The molecule has 0 aromatic carbocycles. The fourth-order valence-corrected chi connectivity index (χ4v) is 4.76. The van der Waals surface area contributed by atoms with Gasteiger partial charge in [-0.05, 0) is 51.4 Å². The predicted molar refractivity (Wildman–Crippen MR) is 95.1 cm³/mol. The molecule has 0 unspecified atom stereocenters. The molecule has 6 heteroatoms. The molecule has 2 aliphatic heterocycles. The molecule has 24 heavy (non-hydrogen) atoms. The van der Waals surface area contributed by atoms with Gasteiger partial charge in [0.05, 0.1) is 5.69 Å². The molecular formula is C18H22N4OS. The minimum Gasteiger partial charge on any atom is -0.333 e. The van der Waals surface area contributed by atoms with Crippen LogP contribution in [0.5, 0.6) is 0 Å². The van der Waals surface area contributed by atoms with Crippen molar-refractivity contribution in [3.05, 3.63) is 35.5 Å². The third-order valence-corrected chi connectivity index (χ3v) is 6.05. The molecule has 0 spiro atoms. The van der Waals surface area contributed by atoms with E-state index in [2.05, 4.69) is 26.8 Å². The number of hydrogen-bond acceptors (Lipinski definition) is 5. The maximum atomic E-state index is 13.0. The minimum atomic E-state index is 0.0798. The molecule has 4 heterocycles. The molecule has 2 aliphatic rings. The molecule has 0 aliphatic carbocycles. The van der Waals surface area contributed by atoms with Crippen LogP contribution in [0.1, 0.15) is 36.2 Å². The zero-order valence-electron chi connectivity index (χ0n) is 13.9. The smallest absolute Gasteiger partial charge is 0.273 e. The van der Waals surface area contributed by atoms with Crippen molar-refractivity contribution in [2.24, 2.45) is 0 Å². The summed E-state index contributed by atoms with van der Waals surface area (Å²) in [6, 6.07) is 6.60. The lowest BCUT2D eigenvalue weighted by Crippen LogP contribution is -2.47. The fourth-order valence-electron chi connectivity index (χ4n) is 3.99. The Kier molecular flexibility index (Phi) is 4.33. The molecule has 2 aromatic rings. The lowest BCUT2D eigenvalue weighted by Gasteiger charge is -2.32. The van der Waals surface area contributed by atoms with Gasteiger partial charge in [-0.1, -0.05) is 6.07 Å². The summed E-state index contributed by atoms with van der Waals surface area (Å²) in [5.74, 6) is 0.0798.